The van der Waals surface area contributed by atoms with E-state index in [1.165, 1.54) is 6.26 Å². The fourth-order valence-corrected chi connectivity index (χ4v) is 5.08. The van der Waals surface area contributed by atoms with E-state index in [-0.39, 0.29) is 17.3 Å². The number of ether oxygens (including phenoxy) is 1. The Morgan fingerprint density at radius 2 is 2.00 bits per heavy atom. The summed E-state index contributed by atoms with van der Waals surface area (Å²) in [5, 5.41) is 5.51. The number of sulfone groups is 1. The van der Waals surface area contributed by atoms with Crippen LogP contribution in [0.4, 0.5) is 0 Å². The molecule has 0 bridgehead atoms. The summed E-state index contributed by atoms with van der Waals surface area (Å²) < 4.78 is 29.2. The zero-order valence-electron chi connectivity index (χ0n) is 15.5. The number of rotatable bonds is 6. The molecule has 2 aliphatic carbocycles. The van der Waals surface area contributed by atoms with Crippen LogP contribution in [-0.4, -0.2) is 36.0 Å². The van der Waals surface area contributed by atoms with Gasteiger partial charge in [-0.1, -0.05) is 16.7 Å². The number of aromatic nitrogens is 2. The first-order valence-electron chi connectivity index (χ1n) is 9.09. The summed E-state index contributed by atoms with van der Waals surface area (Å²) in [6.07, 6.45) is 7.19. The number of hydrogen-bond acceptors (Lipinski definition) is 6. The van der Waals surface area contributed by atoms with E-state index >= 15 is 0 Å². The monoisotopic (exact) mass is 421 g/mol. The molecule has 0 radical (unpaired) electrons. The average molecular weight is 422 g/mol. The van der Waals surface area contributed by atoms with Crippen LogP contribution in [0.15, 0.2) is 23.6 Å². The molecule has 0 aromatic carbocycles. The zero-order valence-corrected chi connectivity index (χ0v) is 17.1. The summed E-state index contributed by atoms with van der Waals surface area (Å²) in [6.45, 7) is 1.92. The van der Waals surface area contributed by atoms with Crippen molar-refractivity contribution in [3.8, 4) is 5.88 Å². The quantitative estimate of drug-likeness (QED) is 0.300. The van der Waals surface area contributed by atoms with Gasteiger partial charge < -0.3 is 4.74 Å². The van der Waals surface area contributed by atoms with E-state index < -0.39 is 15.4 Å². The highest BCUT2D eigenvalue weighted by Gasteiger charge is 2.44. The van der Waals surface area contributed by atoms with Gasteiger partial charge in [0.25, 0.3) is 0 Å². The van der Waals surface area contributed by atoms with Crippen LogP contribution in [0, 0.1) is 5.92 Å². The third-order valence-corrected chi connectivity index (χ3v) is 7.61. The summed E-state index contributed by atoms with van der Waals surface area (Å²) >= 11 is 6.14. The molecule has 0 amide bonds. The SMILES string of the molecule is C[C@](N=[N+]=[N-])(c1cnc(O[C@H]2C[C@@H](S(C)(=O)=O)C2)c2cnc(Cl)cc12)C1CC1. The van der Waals surface area contributed by atoms with Crippen LogP contribution in [0.1, 0.15) is 38.2 Å². The van der Waals surface area contributed by atoms with E-state index in [2.05, 4.69) is 20.0 Å². The maximum atomic E-state index is 11.6. The molecule has 2 aromatic rings. The summed E-state index contributed by atoms with van der Waals surface area (Å²) in [6, 6.07) is 1.73. The maximum Gasteiger partial charge on any atom is 0.223 e. The molecular formula is C18H20ClN5O3S. The second-order valence-corrected chi connectivity index (χ2v) is 10.5. The van der Waals surface area contributed by atoms with E-state index in [0.29, 0.717) is 29.3 Å². The van der Waals surface area contributed by atoms with Crippen molar-refractivity contribution in [1.82, 2.24) is 9.97 Å². The van der Waals surface area contributed by atoms with Gasteiger partial charge in [-0.3, -0.25) is 0 Å². The molecule has 148 valence electrons. The number of azide groups is 1. The van der Waals surface area contributed by atoms with Gasteiger partial charge in [0.15, 0.2) is 9.84 Å². The third-order valence-electron chi connectivity index (χ3n) is 5.81. The van der Waals surface area contributed by atoms with Crippen LogP contribution in [0.5, 0.6) is 5.88 Å². The van der Waals surface area contributed by atoms with Gasteiger partial charge in [-0.15, -0.1) is 0 Å². The molecule has 2 aromatic heterocycles. The van der Waals surface area contributed by atoms with Crippen molar-refractivity contribution in [2.75, 3.05) is 6.26 Å². The van der Waals surface area contributed by atoms with Crippen molar-refractivity contribution in [2.24, 2.45) is 11.0 Å². The Morgan fingerprint density at radius 3 is 2.61 bits per heavy atom. The maximum absolute atomic E-state index is 11.6. The summed E-state index contributed by atoms with van der Waals surface area (Å²) in [4.78, 5) is 11.7. The Morgan fingerprint density at radius 1 is 1.29 bits per heavy atom. The van der Waals surface area contributed by atoms with Crippen molar-refractivity contribution in [1.29, 1.82) is 0 Å². The highest BCUT2D eigenvalue weighted by Crippen LogP contribution is 2.50. The molecule has 4 rings (SSSR count). The van der Waals surface area contributed by atoms with E-state index in [4.69, 9.17) is 21.9 Å². The Kier molecular flexibility index (Phi) is 4.64. The minimum atomic E-state index is -3.05. The lowest BCUT2D eigenvalue weighted by Gasteiger charge is -2.34. The molecular weight excluding hydrogens is 402 g/mol. The summed E-state index contributed by atoms with van der Waals surface area (Å²) in [7, 11) is -3.05. The number of nitrogens with zero attached hydrogens (tertiary/aromatic N) is 5. The Balaban J connectivity index is 1.72. The smallest absolute Gasteiger partial charge is 0.223 e. The Hall–Kier alpha value is -2.09. The van der Waals surface area contributed by atoms with Crippen LogP contribution in [0.2, 0.25) is 5.15 Å². The van der Waals surface area contributed by atoms with Crippen LogP contribution in [0.25, 0.3) is 21.2 Å². The molecule has 0 saturated heterocycles. The van der Waals surface area contributed by atoms with E-state index in [1.807, 2.05) is 6.92 Å². The van der Waals surface area contributed by atoms with Gasteiger partial charge in [0.2, 0.25) is 5.88 Å². The minimum absolute atomic E-state index is 0.205. The lowest BCUT2D eigenvalue weighted by molar-refractivity contribution is 0.119. The molecule has 0 spiro atoms. The van der Waals surface area contributed by atoms with Crippen LogP contribution < -0.4 is 4.74 Å². The number of hydrogen-bond donors (Lipinski definition) is 0. The minimum Gasteiger partial charge on any atom is -0.474 e. The first-order chi connectivity index (χ1) is 13.2. The van der Waals surface area contributed by atoms with Crippen molar-refractivity contribution in [2.45, 2.75) is 49.5 Å². The molecule has 2 fully saturated rings. The van der Waals surface area contributed by atoms with Crippen molar-refractivity contribution in [3.63, 3.8) is 0 Å². The van der Waals surface area contributed by atoms with Crippen LogP contribution in [-0.2, 0) is 15.4 Å². The fraction of sp³-hybridized carbons (Fsp3) is 0.556. The molecule has 8 nitrogen and oxygen atoms in total. The van der Waals surface area contributed by atoms with Gasteiger partial charge in [-0.25, -0.2) is 18.4 Å². The third kappa shape index (κ3) is 3.38. The van der Waals surface area contributed by atoms with Crippen LogP contribution >= 0.6 is 11.6 Å². The second kappa shape index (κ2) is 6.76. The summed E-state index contributed by atoms with van der Waals surface area (Å²) in [5.74, 6) is 0.646. The molecule has 10 heteroatoms. The molecule has 0 unspecified atom stereocenters. The largest absolute Gasteiger partial charge is 0.474 e. The molecule has 0 N–H and O–H groups in total. The van der Waals surface area contributed by atoms with Crippen molar-refractivity contribution < 1.29 is 13.2 Å². The van der Waals surface area contributed by atoms with Gasteiger partial charge in [0.05, 0.1) is 16.2 Å². The van der Waals surface area contributed by atoms with Gasteiger partial charge in [-0.05, 0) is 48.2 Å². The first-order valence-corrected chi connectivity index (χ1v) is 11.4. The second-order valence-electron chi connectivity index (χ2n) is 7.80. The zero-order chi connectivity index (χ0) is 20.1. The van der Waals surface area contributed by atoms with Gasteiger partial charge in [-0.2, -0.15) is 0 Å². The van der Waals surface area contributed by atoms with Gasteiger partial charge in [0, 0.05) is 36.4 Å². The predicted molar refractivity (Wildman–Crippen MR) is 106 cm³/mol. The molecule has 2 heterocycles. The lowest BCUT2D eigenvalue weighted by atomic mass is 9.86. The lowest BCUT2D eigenvalue weighted by Crippen LogP contribution is -2.42. The standard InChI is InChI=1S/C18H20ClN5O3S/c1-18(23-24-20,10-3-4-10)15-9-22-17(14-8-21-16(19)7-13(14)15)27-11-5-12(6-11)28(2,25)26/h7-12H,3-6H2,1-2H3/t11-,12+,18-/m1/s1. The summed E-state index contributed by atoms with van der Waals surface area (Å²) in [5.41, 5.74) is 9.17. The van der Waals surface area contributed by atoms with E-state index in [1.54, 1.807) is 18.5 Å². The van der Waals surface area contributed by atoms with Gasteiger partial charge in [0.1, 0.15) is 11.3 Å². The van der Waals surface area contributed by atoms with Crippen LogP contribution in [0.3, 0.4) is 0 Å². The van der Waals surface area contributed by atoms with E-state index in [0.717, 1.165) is 23.8 Å². The Bertz CT molecular complexity index is 1090. The first kappa shape index (κ1) is 19.2. The molecule has 2 saturated carbocycles. The molecule has 28 heavy (non-hydrogen) atoms. The number of halogens is 1. The molecule has 1 atom stereocenters. The average Bonchev–Trinajstić information content (AvgIpc) is 3.41. The number of pyridine rings is 2. The molecule has 2 aliphatic rings. The number of fused-ring (bicyclic) bond motifs is 1. The topological polar surface area (TPSA) is 118 Å². The van der Waals surface area contributed by atoms with Crippen molar-refractivity contribution in [3.05, 3.63) is 39.6 Å². The Labute approximate surface area is 167 Å². The highest BCUT2D eigenvalue weighted by molar-refractivity contribution is 7.91. The van der Waals surface area contributed by atoms with E-state index in [9.17, 15) is 8.42 Å². The normalized spacial score (nSPS) is 24.1. The molecule has 0 aliphatic heterocycles. The fourth-order valence-electron chi connectivity index (χ4n) is 3.80. The predicted octanol–water partition coefficient (Wildman–Crippen LogP) is 4.17. The van der Waals surface area contributed by atoms with Gasteiger partial charge >= 0.3 is 0 Å². The highest BCUT2D eigenvalue weighted by atomic mass is 35.5. The van der Waals surface area contributed by atoms with Crippen molar-refractivity contribution >= 4 is 32.2 Å².